The van der Waals surface area contributed by atoms with Crippen LogP contribution in [0.3, 0.4) is 0 Å². The summed E-state index contributed by atoms with van der Waals surface area (Å²) < 4.78 is 0. The molecule has 5 nitrogen and oxygen atoms in total. The number of carbonyl (C=O) groups is 1. The fraction of sp³-hybridized carbons (Fsp3) is 0.308. The van der Waals surface area contributed by atoms with Crippen LogP contribution < -0.4 is 10.6 Å². The van der Waals surface area contributed by atoms with Gasteiger partial charge in [0.2, 0.25) is 0 Å². The molecule has 2 heterocycles. The van der Waals surface area contributed by atoms with Gasteiger partial charge in [-0.05, 0) is 79.9 Å². The van der Waals surface area contributed by atoms with Gasteiger partial charge in [0.25, 0.3) is 0 Å². The number of likely N-dealkylation sites (tertiary alicyclic amines) is 1. The highest BCUT2D eigenvalue weighted by atomic mass is 35.5. The Labute approximate surface area is 194 Å². The van der Waals surface area contributed by atoms with Crippen LogP contribution in [0, 0.1) is 5.92 Å². The molecule has 2 amide bonds. The van der Waals surface area contributed by atoms with Crippen LogP contribution in [0.2, 0.25) is 5.02 Å². The second kappa shape index (κ2) is 10.6. The summed E-state index contributed by atoms with van der Waals surface area (Å²) in [6.07, 6.45) is 5.92. The van der Waals surface area contributed by atoms with Gasteiger partial charge in [-0.25, -0.2) is 4.79 Å². The van der Waals surface area contributed by atoms with Gasteiger partial charge in [0.15, 0.2) is 0 Å². The van der Waals surface area contributed by atoms with Crippen molar-refractivity contribution in [2.24, 2.45) is 5.92 Å². The summed E-state index contributed by atoms with van der Waals surface area (Å²) in [4.78, 5) is 19.1. The largest absolute Gasteiger partial charge is 0.337 e. The van der Waals surface area contributed by atoms with Gasteiger partial charge in [0.05, 0.1) is 0 Å². The van der Waals surface area contributed by atoms with E-state index in [0.717, 1.165) is 37.1 Å². The summed E-state index contributed by atoms with van der Waals surface area (Å²) in [5.41, 5.74) is 4.20. The summed E-state index contributed by atoms with van der Waals surface area (Å²) in [6, 6.07) is 19.7. The Morgan fingerprint density at radius 2 is 1.88 bits per heavy atom. The van der Waals surface area contributed by atoms with Gasteiger partial charge in [-0.2, -0.15) is 0 Å². The Balaban J connectivity index is 1.47. The highest BCUT2D eigenvalue weighted by molar-refractivity contribution is 6.30. The number of anilines is 1. The van der Waals surface area contributed by atoms with E-state index < -0.39 is 0 Å². The van der Waals surface area contributed by atoms with E-state index in [0.29, 0.717) is 23.2 Å². The van der Waals surface area contributed by atoms with Gasteiger partial charge in [0, 0.05) is 35.6 Å². The maximum atomic E-state index is 12.6. The van der Waals surface area contributed by atoms with Crippen molar-refractivity contribution in [2.45, 2.75) is 18.8 Å². The number of piperidine rings is 1. The molecule has 0 saturated carbocycles. The Hall–Kier alpha value is -2.89. The zero-order valence-electron chi connectivity index (χ0n) is 18.3. The molecule has 3 aromatic rings. The third-order valence-corrected chi connectivity index (χ3v) is 6.47. The lowest BCUT2D eigenvalue weighted by molar-refractivity contribution is 0.195. The molecule has 6 heteroatoms. The summed E-state index contributed by atoms with van der Waals surface area (Å²) in [5.74, 6) is 0.790. The van der Waals surface area contributed by atoms with Crippen molar-refractivity contribution in [1.29, 1.82) is 0 Å². The standard InChI is InChI=1S/C26H29ClN4O/c1-31-14-11-21(12-15-31)25(18-29-26(32)30-24-6-2-5-23(27)16-24)20-9-7-19(8-10-20)22-4-3-13-28-17-22/h2-10,13,16-17,21,25H,11-12,14-15,18H2,1H3,(H2,29,30,32). The molecule has 1 atom stereocenters. The van der Waals surface area contributed by atoms with Gasteiger partial charge in [-0.15, -0.1) is 0 Å². The number of aromatic nitrogens is 1. The van der Waals surface area contributed by atoms with Gasteiger partial charge in [0.1, 0.15) is 0 Å². The van der Waals surface area contributed by atoms with E-state index in [1.165, 1.54) is 5.56 Å². The number of rotatable bonds is 6. The molecule has 1 fully saturated rings. The van der Waals surface area contributed by atoms with Crippen LogP contribution in [-0.4, -0.2) is 42.6 Å². The van der Waals surface area contributed by atoms with E-state index in [-0.39, 0.29) is 11.9 Å². The first-order valence-corrected chi connectivity index (χ1v) is 11.5. The molecule has 1 aliphatic rings. The number of urea groups is 1. The molecular weight excluding hydrogens is 420 g/mol. The topological polar surface area (TPSA) is 57.3 Å². The minimum absolute atomic E-state index is 0.211. The normalized spacial score (nSPS) is 15.8. The van der Waals surface area contributed by atoms with Crippen molar-refractivity contribution in [1.82, 2.24) is 15.2 Å². The minimum atomic E-state index is -0.211. The Kier molecular flexibility index (Phi) is 7.40. The maximum Gasteiger partial charge on any atom is 0.319 e. The van der Waals surface area contributed by atoms with Crippen LogP contribution in [0.15, 0.2) is 73.1 Å². The predicted octanol–water partition coefficient (Wildman–Crippen LogP) is 5.65. The van der Waals surface area contributed by atoms with Crippen LogP contribution in [0.25, 0.3) is 11.1 Å². The maximum absolute atomic E-state index is 12.6. The van der Waals surface area contributed by atoms with Crippen LogP contribution in [0.5, 0.6) is 0 Å². The van der Waals surface area contributed by atoms with Gasteiger partial charge >= 0.3 is 6.03 Å². The summed E-state index contributed by atoms with van der Waals surface area (Å²) in [5, 5.41) is 6.57. The van der Waals surface area contributed by atoms with Crippen LogP contribution in [0.1, 0.15) is 24.3 Å². The van der Waals surface area contributed by atoms with Crippen molar-refractivity contribution in [3.05, 3.63) is 83.6 Å². The molecule has 0 spiro atoms. The summed E-state index contributed by atoms with van der Waals surface area (Å²) in [7, 11) is 2.17. The first-order chi connectivity index (χ1) is 15.6. The summed E-state index contributed by atoms with van der Waals surface area (Å²) in [6.45, 7) is 2.76. The molecule has 1 unspecified atom stereocenters. The number of amides is 2. The quantitative estimate of drug-likeness (QED) is 0.512. The SMILES string of the molecule is CN1CCC(C(CNC(=O)Nc2cccc(Cl)c2)c2ccc(-c3cccnc3)cc2)CC1. The Bertz CT molecular complexity index is 1020. The molecule has 1 aliphatic heterocycles. The number of halogens is 1. The van der Waals surface area contributed by atoms with E-state index >= 15 is 0 Å². The van der Waals surface area contributed by atoms with E-state index in [2.05, 4.69) is 57.9 Å². The molecule has 0 aliphatic carbocycles. The molecule has 166 valence electrons. The monoisotopic (exact) mass is 448 g/mol. The lowest BCUT2D eigenvalue weighted by Gasteiger charge is -2.35. The van der Waals surface area contributed by atoms with Crippen LogP contribution >= 0.6 is 11.6 Å². The Morgan fingerprint density at radius 3 is 2.56 bits per heavy atom. The molecule has 2 aromatic carbocycles. The highest BCUT2D eigenvalue weighted by Crippen LogP contribution is 2.33. The van der Waals surface area contributed by atoms with Crippen molar-refractivity contribution < 1.29 is 4.79 Å². The fourth-order valence-corrected chi connectivity index (χ4v) is 4.58. The molecule has 2 N–H and O–H groups in total. The molecule has 32 heavy (non-hydrogen) atoms. The molecule has 1 aromatic heterocycles. The third kappa shape index (κ3) is 5.87. The fourth-order valence-electron chi connectivity index (χ4n) is 4.39. The number of hydrogen-bond donors (Lipinski definition) is 2. The van der Waals surface area contributed by atoms with E-state index in [9.17, 15) is 4.79 Å². The first-order valence-electron chi connectivity index (χ1n) is 11.1. The number of nitrogens with one attached hydrogen (secondary N) is 2. The average Bonchev–Trinajstić information content (AvgIpc) is 2.81. The van der Waals surface area contributed by atoms with Crippen molar-refractivity contribution in [3.8, 4) is 11.1 Å². The number of benzene rings is 2. The lowest BCUT2D eigenvalue weighted by Crippen LogP contribution is -2.38. The smallest absolute Gasteiger partial charge is 0.319 e. The molecule has 1 saturated heterocycles. The van der Waals surface area contributed by atoms with Crippen LogP contribution in [0.4, 0.5) is 10.5 Å². The van der Waals surface area contributed by atoms with Crippen LogP contribution in [-0.2, 0) is 0 Å². The number of carbonyl (C=O) groups excluding carboxylic acids is 1. The van der Waals surface area contributed by atoms with Crippen molar-refractivity contribution in [3.63, 3.8) is 0 Å². The predicted molar refractivity (Wildman–Crippen MR) is 131 cm³/mol. The van der Waals surface area contributed by atoms with Gasteiger partial charge in [-0.3, -0.25) is 4.98 Å². The number of pyridine rings is 1. The van der Waals surface area contributed by atoms with E-state index in [1.54, 1.807) is 18.3 Å². The first kappa shape index (κ1) is 22.3. The zero-order chi connectivity index (χ0) is 22.3. The van der Waals surface area contributed by atoms with Crippen molar-refractivity contribution >= 4 is 23.3 Å². The van der Waals surface area contributed by atoms with E-state index in [4.69, 9.17) is 11.6 Å². The Morgan fingerprint density at radius 1 is 1.09 bits per heavy atom. The second-order valence-corrected chi connectivity index (χ2v) is 8.89. The third-order valence-electron chi connectivity index (χ3n) is 6.23. The van der Waals surface area contributed by atoms with Gasteiger partial charge in [-0.1, -0.05) is 48.0 Å². The average molecular weight is 449 g/mol. The molecule has 4 rings (SSSR count). The van der Waals surface area contributed by atoms with E-state index in [1.807, 2.05) is 24.4 Å². The molecule has 0 radical (unpaired) electrons. The highest BCUT2D eigenvalue weighted by Gasteiger charge is 2.27. The second-order valence-electron chi connectivity index (χ2n) is 8.46. The lowest BCUT2D eigenvalue weighted by atomic mass is 9.79. The molecule has 0 bridgehead atoms. The number of nitrogens with zero attached hydrogens (tertiary/aromatic N) is 2. The summed E-state index contributed by atoms with van der Waals surface area (Å²) >= 11 is 6.03. The molecular formula is C26H29ClN4O. The zero-order valence-corrected chi connectivity index (χ0v) is 19.1. The van der Waals surface area contributed by atoms with Crippen molar-refractivity contribution in [2.75, 3.05) is 32.0 Å². The minimum Gasteiger partial charge on any atom is -0.337 e. The van der Waals surface area contributed by atoms with Gasteiger partial charge < -0.3 is 15.5 Å². The number of hydrogen-bond acceptors (Lipinski definition) is 3.